The summed E-state index contributed by atoms with van der Waals surface area (Å²) in [6.07, 6.45) is 0.832. The zero-order chi connectivity index (χ0) is 18.1. The summed E-state index contributed by atoms with van der Waals surface area (Å²) in [5, 5.41) is 5.46. The molecule has 0 aromatic heterocycles. The van der Waals surface area contributed by atoms with Gasteiger partial charge in [-0.15, -0.1) is 11.8 Å². The molecule has 132 valence electrons. The number of methoxy groups -OCH3 is 1. The number of thioether (sulfide) groups is 1. The van der Waals surface area contributed by atoms with E-state index >= 15 is 0 Å². The molecule has 0 aliphatic carbocycles. The molecular formula is C19H22N2O3S. The Hall–Kier alpha value is -2.47. The second-order valence-electron chi connectivity index (χ2n) is 5.28. The number of ether oxygens (including phenoxy) is 1. The van der Waals surface area contributed by atoms with Crippen molar-refractivity contribution >= 4 is 29.3 Å². The van der Waals surface area contributed by atoms with Crippen molar-refractivity contribution in [3.8, 4) is 5.75 Å². The number of rotatable bonds is 8. The first-order chi connectivity index (χ1) is 12.1. The monoisotopic (exact) mass is 358 g/mol. The molecule has 5 nitrogen and oxygen atoms in total. The Morgan fingerprint density at radius 1 is 1.04 bits per heavy atom. The Bertz CT molecular complexity index is 734. The van der Waals surface area contributed by atoms with E-state index in [0.29, 0.717) is 0 Å². The highest BCUT2D eigenvalue weighted by atomic mass is 32.2. The fraction of sp³-hybridized carbons (Fsp3) is 0.263. The van der Waals surface area contributed by atoms with Crippen LogP contribution in [0.15, 0.2) is 53.4 Å². The normalized spacial score (nSPS) is 10.2. The van der Waals surface area contributed by atoms with Crippen LogP contribution in [0.4, 0.5) is 5.69 Å². The lowest BCUT2D eigenvalue weighted by atomic mass is 10.1. The van der Waals surface area contributed by atoms with Gasteiger partial charge in [-0.1, -0.05) is 37.3 Å². The third-order valence-electron chi connectivity index (χ3n) is 3.55. The maximum absolute atomic E-state index is 12.0. The molecule has 2 aromatic rings. The summed E-state index contributed by atoms with van der Waals surface area (Å²) in [6.45, 7) is 1.98. The van der Waals surface area contributed by atoms with Crippen molar-refractivity contribution in [2.24, 2.45) is 0 Å². The van der Waals surface area contributed by atoms with Crippen molar-refractivity contribution < 1.29 is 14.3 Å². The van der Waals surface area contributed by atoms with Crippen LogP contribution in [0.1, 0.15) is 12.5 Å². The van der Waals surface area contributed by atoms with Gasteiger partial charge in [0.25, 0.3) is 0 Å². The highest BCUT2D eigenvalue weighted by molar-refractivity contribution is 8.00. The van der Waals surface area contributed by atoms with Crippen molar-refractivity contribution in [2.75, 3.05) is 24.7 Å². The number of nitrogens with one attached hydrogen (secondary N) is 2. The molecule has 0 spiro atoms. The smallest absolute Gasteiger partial charge is 0.243 e. The van der Waals surface area contributed by atoms with Crippen LogP contribution in [-0.4, -0.2) is 31.2 Å². The summed E-state index contributed by atoms with van der Waals surface area (Å²) in [5.74, 6) is 0.514. The molecular weight excluding hydrogens is 336 g/mol. The predicted octanol–water partition coefficient (Wildman–Crippen LogP) is 3.10. The van der Waals surface area contributed by atoms with E-state index in [2.05, 4.69) is 10.6 Å². The quantitative estimate of drug-likeness (QED) is 0.712. The Labute approximate surface area is 152 Å². The lowest BCUT2D eigenvalue weighted by molar-refractivity contribution is -0.122. The van der Waals surface area contributed by atoms with Crippen molar-refractivity contribution in [3.63, 3.8) is 0 Å². The van der Waals surface area contributed by atoms with Crippen LogP contribution in [0, 0.1) is 0 Å². The lowest BCUT2D eigenvalue weighted by Crippen LogP contribution is -2.34. The highest BCUT2D eigenvalue weighted by Crippen LogP contribution is 2.28. The van der Waals surface area contributed by atoms with Gasteiger partial charge >= 0.3 is 0 Å². The zero-order valence-corrected chi connectivity index (χ0v) is 15.2. The largest absolute Gasteiger partial charge is 0.496 e. The Kier molecular flexibility index (Phi) is 7.35. The number of hydrogen-bond donors (Lipinski definition) is 2. The molecule has 0 radical (unpaired) electrons. The fourth-order valence-electron chi connectivity index (χ4n) is 2.26. The van der Waals surface area contributed by atoms with E-state index in [1.807, 2.05) is 55.5 Å². The van der Waals surface area contributed by atoms with Gasteiger partial charge in [0.2, 0.25) is 11.8 Å². The molecule has 0 saturated carbocycles. The van der Waals surface area contributed by atoms with E-state index in [4.69, 9.17) is 4.74 Å². The molecule has 0 atom stereocenters. The Morgan fingerprint density at radius 2 is 1.76 bits per heavy atom. The number of anilines is 1. The molecule has 2 N–H and O–H groups in total. The van der Waals surface area contributed by atoms with E-state index in [-0.39, 0.29) is 24.1 Å². The number of amides is 2. The fourth-order valence-corrected chi connectivity index (χ4v) is 3.11. The van der Waals surface area contributed by atoms with Gasteiger partial charge in [-0.2, -0.15) is 0 Å². The van der Waals surface area contributed by atoms with Crippen molar-refractivity contribution in [1.29, 1.82) is 0 Å². The van der Waals surface area contributed by atoms with Gasteiger partial charge in [-0.05, 0) is 30.2 Å². The average molecular weight is 358 g/mol. The third-order valence-corrected chi connectivity index (χ3v) is 4.60. The zero-order valence-electron chi connectivity index (χ0n) is 14.4. The summed E-state index contributed by atoms with van der Waals surface area (Å²) in [4.78, 5) is 24.8. The topological polar surface area (TPSA) is 67.4 Å². The number of para-hydroxylation sites is 2. The maximum atomic E-state index is 12.0. The molecule has 0 saturated heterocycles. The van der Waals surface area contributed by atoms with Crippen LogP contribution < -0.4 is 15.4 Å². The number of benzene rings is 2. The van der Waals surface area contributed by atoms with Gasteiger partial charge in [0.1, 0.15) is 5.75 Å². The second kappa shape index (κ2) is 9.74. The van der Waals surface area contributed by atoms with Crippen molar-refractivity contribution in [2.45, 2.75) is 18.2 Å². The summed E-state index contributed by atoms with van der Waals surface area (Å²) in [7, 11) is 1.60. The minimum atomic E-state index is -0.239. The summed E-state index contributed by atoms with van der Waals surface area (Å²) in [6, 6.07) is 15.1. The van der Waals surface area contributed by atoms with Crippen LogP contribution in [0.5, 0.6) is 5.75 Å². The van der Waals surface area contributed by atoms with Crippen LogP contribution in [0.3, 0.4) is 0 Å². The van der Waals surface area contributed by atoms with Crippen LogP contribution >= 0.6 is 11.8 Å². The number of aryl methyl sites for hydroxylation is 1. The molecule has 0 bridgehead atoms. The maximum Gasteiger partial charge on any atom is 0.243 e. The first kappa shape index (κ1) is 18.9. The van der Waals surface area contributed by atoms with Gasteiger partial charge in [0.15, 0.2) is 0 Å². The molecule has 0 aliphatic heterocycles. The summed E-state index contributed by atoms with van der Waals surface area (Å²) in [5.41, 5.74) is 1.85. The van der Waals surface area contributed by atoms with Crippen molar-refractivity contribution in [3.05, 3.63) is 54.1 Å². The van der Waals surface area contributed by atoms with E-state index < -0.39 is 0 Å². The van der Waals surface area contributed by atoms with Crippen molar-refractivity contribution in [1.82, 2.24) is 5.32 Å². The number of hydrogen-bond acceptors (Lipinski definition) is 4. The molecule has 2 rings (SSSR count). The minimum Gasteiger partial charge on any atom is -0.496 e. The Balaban J connectivity index is 1.78. The third kappa shape index (κ3) is 5.83. The molecule has 0 aliphatic rings. The number of carbonyl (C=O) groups is 2. The SMILES string of the molecule is CCc1ccccc1NC(=O)CNC(=O)CSc1ccccc1OC. The standard InChI is InChI=1S/C19H22N2O3S/c1-3-14-8-4-5-9-15(14)21-18(22)12-20-19(23)13-25-17-11-7-6-10-16(17)24-2/h4-11H,3,12-13H2,1-2H3,(H,20,23)(H,21,22). The Morgan fingerprint density at radius 3 is 2.52 bits per heavy atom. The molecule has 0 heterocycles. The van der Waals surface area contributed by atoms with Crippen LogP contribution in [0.25, 0.3) is 0 Å². The van der Waals surface area contributed by atoms with Gasteiger partial charge in [-0.3, -0.25) is 9.59 Å². The molecule has 2 amide bonds. The molecule has 2 aromatic carbocycles. The number of carbonyl (C=O) groups excluding carboxylic acids is 2. The first-order valence-corrected chi connectivity index (χ1v) is 9.03. The molecule has 0 unspecified atom stereocenters. The predicted molar refractivity (Wildman–Crippen MR) is 101 cm³/mol. The molecule has 6 heteroatoms. The van der Waals surface area contributed by atoms with Crippen LogP contribution in [0.2, 0.25) is 0 Å². The average Bonchev–Trinajstić information content (AvgIpc) is 2.65. The summed E-state index contributed by atoms with van der Waals surface area (Å²) < 4.78 is 5.25. The first-order valence-electron chi connectivity index (χ1n) is 8.04. The summed E-state index contributed by atoms with van der Waals surface area (Å²) >= 11 is 1.37. The lowest BCUT2D eigenvalue weighted by Gasteiger charge is -2.11. The highest BCUT2D eigenvalue weighted by Gasteiger charge is 2.10. The van der Waals surface area contributed by atoms with E-state index in [0.717, 1.165) is 28.3 Å². The van der Waals surface area contributed by atoms with E-state index in [1.54, 1.807) is 7.11 Å². The minimum absolute atomic E-state index is 0.0522. The van der Waals surface area contributed by atoms with E-state index in [1.165, 1.54) is 11.8 Å². The second-order valence-corrected chi connectivity index (χ2v) is 6.29. The van der Waals surface area contributed by atoms with Gasteiger partial charge in [0, 0.05) is 10.6 Å². The van der Waals surface area contributed by atoms with Gasteiger partial charge < -0.3 is 15.4 Å². The van der Waals surface area contributed by atoms with E-state index in [9.17, 15) is 9.59 Å². The molecule has 25 heavy (non-hydrogen) atoms. The molecule has 0 fully saturated rings. The van der Waals surface area contributed by atoms with Gasteiger partial charge in [0.05, 0.1) is 19.4 Å². The van der Waals surface area contributed by atoms with Crippen LogP contribution in [-0.2, 0) is 16.0 Å². The van der Waals surface area contributed by atoms with Gasteiger partial charge in [-0.25, -0.2) is 0 Å².